The van der Waals surface area contributed by atoms with Gasteiger partial charge in [-0.15, -0.1) is 6.42 Å². The lowest BCUT2D eigenvalue weighted by atomic mass is 9.55. The average Bonchev–Trinajstić information content (AvgIpc) is 3.11. The molecule has 1 aliphatic heterocycles. The molecular formula is C28H20N2O3. The van der Waals surface area contributed by atoms with E-state index in [1.807, 2.05) is 36.4 Å². The molecule has 3 aromatic carbocycles. The van der Waals surface area contributed by atoms with E-state index >= 15 is 0 Å². The molecule has 2 bridgehead atoms. The van der Waals surface area contributed by atoms with Gasteiger partial charge in [-0.25, -0.2) is 0 Å². The van der Waals surface area contributed by atoms with E-state index in [-0.39, 0.29) is 30.3 Å². The van der Waals surface area contributed by atoms with E-state index in [1.165, 1.54) is 6.21 Å². The van der Waals surface area contributed by atoms with Crippen LogP contribution < -0.4 is 4.74 Å². The molecule has 0 spiro atoms. The Labute approximate surface area is 191 Å². The third-order valence-corrected chi connectivity index (χ3v) is 6.93. The largest absolute Gasteiger partial charge is 0.481 e. The van der Waals surface area contributed by atoms with Crippen molar-refractivity contribution in [3.05, 3.63) is 101 Å². The number of carbonyl (C=O) groups excluding carboxylic acids is 2. The zero-order chi connectivity index (χ0) is 22.5. The Kier molecular flexibility index (Phi) is 4.41. The highest BCUT2D eigenvalue weighted by Gasteiger charge is 2.61. The van der Waals surface area contributed by atoms with Gasteiger partial charge in [0.1, 0.15) is 12.4 Å². The molecule has 0 radical (unpaired) electrons. The highest BCUT2D eigenvalue weighted by atomic mass is 16.5. The van der Waals surface area contributed by atoms with Gasteiger partial charge >= 0.3 is 0 Å². The normalized spacial score (nSPS) is 24.4. The average molecular weight is 432 g/mol. The van der Waals surface area contributed by atoms with Gasteiger partial charge in [0.15, 0.2) is 0 Å². The van der Waals surface area contributed by atoms with Gasteiger partial charge in [-0.3, -0.25) is 9.59 Å². The van der Waals surface area contributed by atoms with Crippen LogP contribution >= 0.6 is 0 Å². The molecule has 7 rings (SSSR count). The van der Waals surface area contributed by atoms with Crippen molar-refractivity contribution in [2.75, 3.05) is 6.61 Å². The van der Waals surface area contributed by atoms with Gasteiger partial charge in [0.05, 0.1) is 18.1 Å². The van der Waals surface area contributed by atoms with Crippen LogP contribution in [0.15, 0.2) is 77.9 Å². The summed E-state index contributed by atoms with van der Waals surface area (Å²) < 4.78 is 5.45. The number of carbonyl (C=O) groups is 2. The van der Waals surface area contributed by atoms with Gasteiger partial charge in [0, 0.05) is 11.8 Å². The lowest BCUT2D eigenvalue weighted by Crippen LogP contribution is -2.41. The highest BCUT2D eigenvalue weighted by Crippen LogP contribution is 2.60. The fourth-order valence-electron chi connectivity index (χ4n) is 5.71. The summed E-state index contributed by atoms with van der Waals surface area (Å²) in [5.74, 6) is 1.42. The summed E-state index contributed by atoms with van der Waals surface area (Å²) in [7, 11) is 0. The highest BCUT2D eigenvalue weighted by molar-refractivity contribution is 6.08. The van der Waals surface area contributed by atoms with Crippen LogP contribution in [0.2, 0.25) is 0 Å². The van der Waals surface area contributed by atoms with Crippen molar-refractivity contribution in [3.63, 3.8) is 0 Å². The van der Waals surface area contributed by atoms with Crippen LogP contribution in [-0.4, -0.2) is 29.6 Å². The first-order valence-corrected chi connectivity index (χ1v) is 10.9. The Bertz CT molecular complexity index is 1250. The number of rotatable bonds is 4. The van der Waals surface area contributed by atoms with Crippen molar-refractivity contribution in [1.29, 1.82) is 0 Å². The van der Waals surface area contributed by atoms with Crippen molar-refractivity contribution in [1.82, 2.24) is 5.01 Å². The van der Waals surface area contributed by atoms with Gasteiger partial charge in [0.2, 0.25) is 0 Å². The van der Waals surface area contributed by atoms with Crippen molar-refractivity contribution >= 4 is 18.0 Å². The number of benzene rings is 3. The summed E-state index contributed by atoms with van der Waals surface area (Å²) in [6.07, 6.45) is 6.78. The SMILES string of the molecule is C#CCOc1cccc(/C=N/N2C(=O)C3C4c5ccccc5C(c5ccccc54)C3C2=O)c1. The summed E-state index contributed by atoms with van der Waals surface area (Å²) in [6.45, 7) is 0.164. The number of hydrogen-bond donors (Lipinski definition) is 0. The Morgan fingerprint density at radius 2 is 1.39 bits per heavy atom. The number of hydrogen-bond acceptors (Lipinski definition) is 4. The molecule has 4 aliphatic rings. The standard InChI is InChI=1S/C28H20N2O3/c1-2-14-33-18-9-7-8-17(15-18)16-29-30-27(31)25-23-19-10-3-4-11-20(19)24(26(25)28(30)32)22-13-6-5-12-21(22)23/h1,3-13,15-16,23-26H,14H2/b29-16+. The molecule has 1 heterocycles. The number of amides is 2. The number of nitrogens with zero attached hydrogens (tertiary/aromatic N) is 2. The quantitative estimate of drug-likeness (QED) is 0.357. The molecule has 0 N–H and O–H groups in total. The molecule has 3 aliphatic carbocycles. The van der Waals surface area contributed by atoms with Crippen molar-refractivity contribution in [2.45, 2.75) is 11.8 Å². The molecule has 3 aromatic rings. The monoisotopic (exact) mass is 432 g/mol. The van der Waals surface area contributed by atoms with Gasteiger partial charge in [0.25, 0.3) is 11.8 Å². The zero-order valence-electron chi connectivity index (χ0n) is 17.7. The van der Waals surface area contributed by atoms with E-state index < -0.39 is 11.8 Å². The molecule has 5 heteroatoms. The van der Waals surface area contributed by atoms with Crippen LogP contribution in [0, 0.1) is 24.2 Å². The molecule has 2 unspecified atom stereocenters. The van der Waals surface area contributed by atoms with Gasteiger partial charge in [-0.2, -0.15) is 10.1 Å². The second-order valence-corrected chi connectivity index (χ2v) is 8.56. The summed E-state index contributed by atoms with van der Waals surface area (Å²) in [5, 5.41) is 5.41. The molecule has 2 atom stereocenters. The predicted octanol–water partition coefficient (Wildman–Crippen LogP) is 3.92. The van der Waals surface area contributed by atoms with E-state index in [1.54, 1.807) is 12.1 Å². The number of hydrazone groups is 1. The Balaban J connectivity index is 1.37. The minimum atomic E-state index is -0.435. The first kappa shape index (κ1) is 19.5. The molecule has 1 saturated heterocycles. The van der Waals surface area contributed by atoms with Gasteiger partial charge in [-0.1, -0.05) is 66.6 Å². The minimum absolute atomic E-state index is 0.135. The van der Waals surface area contributed by atoms with Crippen molar-refractivity contribution in [3.8, 4) is 18.1 Å². The van der Waals surface area contributed by atoms with Gasteiger partial charge < -0.3 is 4.74 Å². The topological polar surface area (TPSA) is 59.0 Å². The van der Waals surface area contributed by atoms with E-state index in [0.717, 1.165) is 32.8 Å². The third-order valence-electron chi connectivity index (χ3n) is 6.93. The van der Waals surface area contributed by atoms with Crippen LogP contribution in [0.1, 0.15) is 39.7 Å². The fraction of sp³-hybridized carbons (Fsp3) is 0.179. The maximum absolute atomic E-state index is 13.5. The molecule has 0 saturated carbocycles. The van der Waals surface area contributed by atoms with Crippen molar-refractivity contribution in [2.24, 2.45) is 16.9 Å². The molecular weight excluding hydrogens is 412 g/mol. The second kappa shape index (κ2) is 7.46. The second-order valence-electron chi connectivity index (χ2n) is 8.56. The maximum atomic E-state index is 13.5. The minimum Gasteiger partial charge on any atom is -0.481 e. The number of ether oxygens (including phenoxy) is 1. The van der Waals surface area contributed by atoms with Crippen LogP contribution in [0.25, 0.3) is 0 Å². The molecule has 33 heavy (non-hydrogen) atoms. The van der Waals surface area contributed by atoms with Crippen molar-refractivity contribution < 1.29 is 14.3 Å². The van der Waals surface area contributed by atoms with Crippen LogP contribution in [0.4, 0.5) is 0 Å². The summed E-state index contributed by atoms with van der Waals surface area (Å²) >= 11 is 0. The summed E-state index contributed by atoms with van der Waals surface area (Å²) in [5.41, 5.74) is 5.30. The molecule has 0 aromatic heterocycles. The smallest absolute Gasteiger partial charge is 0.254 e. The Hall–Kier alpha value is -4.17. The van der Waals surface area contributed by atoms with E-state index in [0.29, 0.717) is 5.75 Å². The lowest BCUT2D eigenvalue weighted by molar-refractivity contribution is -0.139. The first-order valence-electron chi connectivity index (χ1n) is 10.9. The van der Waals surface area contributed by atoms with Crippen LogP contribution in [0.3, 0.4) is 0 Å². The molecule has 5 nitrogen and oxygen atoms in total. The number of imide groups is 1. The summed E-state index contributed by atoms with van der Waals surface area (Å²) in [4.78, 5) is 27.1. The lowest BCUT2D eigenvalue weighted by Gasteiger charge is -2.45. The van der Waals surface area contributed by atoms with Gasteiger partial charge in [-0.05, 0) is 39.9 Å². The van der Waals surface area contributed by atoms with Crippen LogP contribution in [-0.2, 0) is 9.59 Å². The zero-order valence-corrected chi connectivity index (χ0v) is 17.7. The summed E-state index contributed by atoms with van der Waals surface area (Å²) in [6, 6.07) is 23.6. The molecule has 160 valence electrons. The Morgan fingerprint density at radius 3 is 1.91 bits per heavy atom. The fourth-order valence-corrected chi connectivity index (χ4v) is 5.71. The van der Waals surface area contributed by atoms with E-state index in [9.17, 15) is 9.59 Å². The Morgan fingerprint density at radius 1 is 0.848 bits per heavy atom. The first-order chi connectivity index (χ1) is 16.2. The van der Waals surface area contributed by atoms with E-state index in [2.05, 4.69) is 35.3 Å². The molecule has 2 amide bonds. The van der Waals surface area contributed by atoms with Crippen LogP contribution in [0.5, 0.6) is 5.75 Å². The predicted molar refractivity (Wildman–Crippen MR) is 124 cm³/mol. The number of terminal acetylenes is 1. The third kappa shape index (κ3) is 2.84. The molecule has 1 fully saturated rings. The maximum Gasteiger partial charge on any atom is 0.254 e. The van der Waals surface area contributed by atoms with E-state index in [4.69, 9.17) is 11.2 Å².